The molecule has 3 rings (SSSR count). The number of piperidine rings is 2. The standard InChI is InChI=1S/C21H34N4O2S.HI/c1-3-28(26,27)15-12-23-21(22-2)25-14-11-20-19(17-25)10-7-13-24(20)16-18-8-5-4-6-9-18;/h4-6,8-9,19-20H,3,7,10-17H2,1-2H3,(H,22,23);1H. The summed E-state index contributed by atoms with van der Waals surface area (Å²) in [7, 11) is -1.17. The van der Waals surface area contributed by atoms with Crippen LogP contribution in [0.5, 0.6) is 0 Å². The second-order valence-electron chi connectivity index (χ2n) is 7.87. The first-order valence-electron chi connectivity index (χ1n) is 10.5. The quantitative estimate of drug-likeness (QED) is 0.346. The van der Waals surface area contributed by atoms with Crippen molar-refractivity contribution < 1.29 is 8.42 Å². The molecule has 2 fully saturated rings. The summed E-state index contributed by atoms with van der Waals surface area (Å²) in [6.07, 6.45) is 3.63. The number of aliphatic imine (C=N–C) groups is 1. The van der Waals surface area contributed by atoms with Gasteiger partial charge in [-0.05, 0) is 37.3 Å². The van der Waals surface area contributed by atoms with Crippen LogP contribution >= 0.6 is 24.0 Å². The maximum atomic E-state index is 11.7. The molecule has 2 unspecified atom stereocenters. The van der Waals surface area contributed by atoms with E-state index in [0.29, 0.717) is 18.5 Å². The first kappa shape index (κ1) is 24.4. The minimum atomic E-state index is -2.95. The topological polar surface area (TPSA) is 65.0 Å². The van der Waals surface area contributed by atoms with Gasteiger partial charge in [0.1, 0.15) is 0 Å². The summed E-state index contributed by atoms with van der Waals surface area (Å²) >= 11 is 0. The predicted molar refractivity (Wildman–Crippen MR) is 131 cm³/mol. The van der Waals surface area contributed by atoms with E-state index < -0.39 is 9.84 Å². The number of sulfone groups is 1. The van der Waals surface area contributed by atoms with Gasteiger partial charge in [0.15, 0.2) is 15.8 Å². The summed E-state index contributed by atoms with van der Waals surface area (Å²) in [5, 5.41) is 3.26. The van der Waals surface area contributed by atoms with Crippen LogP contribution in [-0.2, 0) is 16.4 Å². The molecule has 1 aromatic carbocycles. The SMILES string of the molecule is CCS(=O)(=O)CCNC(=NC)N1CCC2C(CCCN2Cc2ccccc2)C1.I. The molecule has 2 heterocycles. The third kappa shape index (κ3) is 6.82. The maximum absolute atomic E-state index is 11.7. The van der Waals surface area contributed by atoms with E-state index in [9.17, 15) is 8.42 Å². The molecule has 6 nitrogen and oxygen atoms in total. The Morgan fingerprint density at radius 2 is 1.97 bits per heavy atom. The first-order chi connectivity index (χ1) is 13.5. The maximum Gasteiger partial charge on any atom is 0.193 e. The van der Waals surface area contributed by atoms with E-state index in [4.69, 9.17) is 0 Å². The van der Waals surface area contributed by atoms with Crippen molar-refractivity contribution in [2.75, 3.05) is 44.7 Å². The Morgan fingerprint density at radius 3 is 2.66 bits per heavy atom. The van der Waals surface area contributed by atoms with Crippen LogP contribution in [0, 0.1) is 5.92 Å². The number of nitrogens with zero attached hydrogens (tertiary/aromatic N) is 3. The monoisotopic (exact) mass is 534 g/mol. The Kier molecular flexibility index (Phi) is 9.68. The van der Waals surface area contributed by atoms with Gasteiger partial charge in [-0.3, -0.25) is 9.89 Å². The second kappa shape index (κ2) is 11.5. The molecule has 2 saturated heterocycles. The first-order valence-corrected chi connectivity index (χ1v) is 12.3. The van der Waals surface area contributed by atoms with E-state index in [2.05, 4.69) is 50.4 Å². The number of hydrogen-bond acceptors (Lipinski definition) is 4. The summed E-state index contributed by atoms with van der Waals surface area (Å²) in [4.78, 5) is 9.37. The number of nitrogens with one attached hydrogen (secondary N) is 1. The minimum Gasteiger partial charge on any atom is -0.355 e. The fourth-order valence-corrected chi connectivity index (χ4v) is 5.21. The van der Waals surface area contributed by atoms with Crippen LogP contribution in [0.25, 0.3) is 0 Å². The van der Waals surface area contributed by atoms with Crippen LogP contribution in [-0.4, -0.2) is 75.0 Å². The summed E-state index contributed by atoms with van der Waals surface area (Å²) in [6.45, 7) is 6.29. The molecule has 1 aromatic rings. The van der Waals surface area contributed by atoms with Gasteiger partial charge < -0.3 is 10.2 Å². The van der Waals surface area contributed by atoms with Gasteiger partial charge in [0.2, 0.25) is 0 Å². The average Bonchev–Trinajstić information content (AvgIpc) is 2.72. The van der Waals surface area contributed by atoms with Crippen molar-refractivity contribution in [3.8, 4) is 0 Å². The van der Waals surface area contributed by atoms with E-state index in [1.165, 1.54) is 24.9 Å². The van der Waals surface area contributed by atoms with Crippen LogP contribution < -0.4 is 5.32 Å². The smallest absolute Gasteiger partial charge is 0.193 e. The van der Waals surface area contributed by atoms with Crippen LogP contribution in [0.2, 0.25) is 0 Å². The Bertz CT molecular complexity index is 757. The third-order valence-corrected chi connectivity index (χ3v) is 7.76. The third-order valence-electron chi connectivity index (χ3n) is 6.06. The molecule has 0 aromatic heterocycles. The number of halogens is 1. The second-order valence-corrected chi connectivity index (χ2v) is 10.3. The number of likely N-dealkylation sites (tertiary alicyclic amines) is 2. The number of rotatable bonds is 6. The molecule has 2 aliphatic rings. The molecule has 2 aliphatic heterocycles. The van der Waals surface area contributed by atoms with Gasteiger partial charge in [-0.25, -0.2) is 8.42 Å². The van der Waals surface area contributed by atoms with Crippen molar-refractivity contribution in [1.29, 1.82) is 0 Å². The predicted octanol–water partition coefficient (Wildman–Crippen LogP) is 2.60. The summed E-state index contributed by atoms with van der Waals surface area (Å²) < 4.78 is 23.4. The molecule has 0 saturated carbocycles. The molecule has 0 radical (unpaired) electrons. The zero-order valence-electron chi connectivity index (χ0n) is 17.6. The normalized spacial score (nSPS) is 23.2. The van der Waals surface area contributed by atoms with Crippen LogP contribution in [0.4, 0.5) is 0 Å². The van der Waals surface area contributed by atoms with E-state index in [1.54, 1.807) is 14.0 Å². The molecule has 2 atom stereocenters. The van der Waals surface area contributed by atoms with Gasteiger partial charge in [0.05, 0.1) is 5.75 Å². The van der Waals surface area contributed by atoms with E-state index in [0.717, 1.165) is 32.0 Å². The molecule has 0 spiro atoms. The average molecular weight is 535 g/mol. The lowest BCUT2D eigenvalue weighted by atomic mass is 9.83. The Hall–Kier alpha value is -0.870. The van der Waals surface area contributed by atoms with Crippen molar-refractivity contribution in [2.45, 2.75) is 38.8 Å². The lowest BCUT2D eigenvalue weighted by Crippen LogP contribution is -2.57. The van der Waals surface area contributed by atoms with Crippen molar-refractivity contribution in [2.24, 2.45) is 10.9 Å². The molecule has 0 bridgehead atoms. The van der Waals surface area contributed by atoms with Crippen molar-refractivity contribution in [3.63, 3.8) is 0 Å². The molecule has 29 heavy (non-hydrogen) atoms. The molecule has 0 amide bonds. The Balaban J connectivity index is 0.00000300. The highest BCUT2D eigenvalue weighted by Crippen LogP contribution is 2.31. The van der Waals surface area contributed by atoms with E-state index in [-0.39, 0.29) is 35.5 Å². The Morgan fingerprint density at radius 1 is 1.21 bits per heavy atom. The van der Waals surface area contributed by atoms with E-state index >= 15 is 0 Å². The lowest BCUT2D eigenvalue weighted by Gasteiger charge is -2.48. The highest BCUT2D eigenvalue weighted by atomic mass is 127. The largest absolute Gasteiger partial charge is 0.355 e. The van der Waals surface area contributed by atoms with Gasteiger partial charge >= 0.3 is 0 Å². The van der Waals surface area contributed by atoms with Gasteiger partial charge in [0.25, 0.3) is 0 Å². The van der Waals surface area contributed by atoms with Crippen LogP contribution in [0.1, 0.15) is 31.7 Å². The molecular weight excluding hydrogens is 499 g/mol. The highest BCUT2D eigenvalue weighted by Gasteiger charge is 2.36. The number of guanidine groups is 1. The molecule has 8 heteroatoms. The summed E-state index contributed by atoms with van der Waals surface area (Å²) in [5.74, 6) is 1.83. The van der Waals surface area contributed by atoms with Gasteiger partial charge in [-0.2, -0.15) is 0 Å². The van der Waals surface area contributed by atoms with Crippen LogP contribution in [0.3, 0.4) is 0 Å². The van der Waals surface area contributed by atoms with Crippen molar-refractivity contribution in [1.82, 2.24) is 15.1 Å². The van der Waals surface area contributed by atoms with Gasteiger partial charge in [-0.15, -0.1) is 24.0 Å². The van der Waals surface area contributed by atoms with Crippen molar-refractivity contribution in [3.05, 3.63) is 35.9 Å². The van der Waals surface area contributed by atoms with Crippen LogP contribution in [0.15, 0.2) is 35.3 Å². The fraction of sp³-hybridized carbons (Fsp3) is 0.667. The fourth-order valence-electron chi connectivity index (χ4n) is 4.51. The Labute approximate surface area is 193 Å². The molecule has 1 N–H and O–H groups in total. The van der Waals surface area contributed by atoms with Crippen molar-refractivity contribution >= 4 is 39.8 Å². The summed E-state index contributed by atoms with van der Waals surface area (Å²) in [5.41, 5.74) is 1.39. The zero-order valence-corrected chi connectivity index (χ0v) is 20.7. The molecular formula is C21H35IN4O2S. The van der Waals surface area contributed by atoms with Gasteiger partial charge in [0, 0.05) is 45.0 Å². The van der Waals surface area contributed by atoms with E-state index in [1.807, 2.05) is 0 Å². The molecule has 164 valence electrons. The number of hydrogen-bond donors (Lipinski definition) is 1. The molecule has 0 aliphatic carbocycles. The van der Waals surface area contributed by atoms with Gasteiger partial charge in [-0.1, -0.05) is 37.3 Å². The highest BCUT2D eigenvalue weighted by molar-refractivity contribution is 14.0. The summed E-state index contributed by atoms with van der Waals surface area (Å²) in [6, 6.07) is 11.4. The lowest BCUT2D eigenvalue weighted by molar-refractivity contribution is 0.0373. The zero-order chi connectivity index (χ0) is 20.0. The number of benzene rings is 1. The minimum absolute atomic E-state index is 0. The number of fused-ring (bicyclic) bond motifs is 1.